The van der Waals surface area contributed by atoms with Crippen molar-refractivity contribution in [2.24, 2.45) is 0 Å². The Bertz CT molecular complexity index is 547. The van der Waals surface area contributed by atoms with Gasteiger partial charge in [-0.05, 0) is 70.6 Å². The molecule has 0 unspecified atom stereocenters. The highest BCUT2D eigenvalue weighted by molar-refractivity contribution is 6.63. The Morgan fingerprint density at radius 1 is 1.10 bits per heavy atom. The van der Waals surface area contributed by atoms with E-state index in [2.05, 4.69) is 6.07 Å². The lowest BCUT2D eigenvalue weighted by atomic mass is 9.74. The summed E-state index contributed by atoms with van der Waals surface area (Å²) in [5.74, 6) is 0.385. The molecule has 20 heavy (non-hydrogen) atoms. The highest BCUT2D eigenvalue weighted by Crippen LogP contribution is 2.39. The second-order valence-corrected chi connectivity index (χ2v) is 7.04. The lowest BCUT2D eigenvalue weighted by Gasteiger charge is -2.32. The van der Waals surface area contributed by atoms with Crippen molar-refractivity contribution >= 4 is 12.6 Å². The van der Waals surface area contributed by atoms with E-state index in [1.165, 1.54) is 5.56 Å². The van der Waals surface area contributed by atoms with Crippen molar-refractivity contribution in [1.82, 2.24) is 0 Å². The predicted molar refractivity (Wildman–Crippen MR) is 80.6 cm³/mol. The summed E-state index contributed by atoms with van der Waals surface area (Å²) in [5.41, 5.74) is 3.47. The lowest BCUT2D eigenvalue weighted by Crippen LogP contribution is -2.41. The Morgan fingerprint density at radius 3 is 2.30 bits per heavy atom. The van der Waals surface area contributed by atoms with Crippen LogP contribution in [-0.4, -0.2) is 23.4 Å². The van der Waals surface area contributed by atoms with Crippen LogP contribution in [0.3, 0.4) is 0 Å². The molecule has 1 aromatic carbocycles. The molecule has 0 bridgehead atoms. The quantitative estimate of drug-likeness (QED) is 0.800. The molecule has 0 saturated carbocycles. The van der Waals surface area contributed by atoms with E-state index in [4.69, 9.17) is 9.31 Å². The van der Waals surface area contributed by atoms with Crippen LogP contribution >= 0.6 is 0 Å². The molecule has 0 aromatic heterocycles. The molecule has 3 nitrogen and oxygen atoms in total. The first-order valence-corrected chi connectivity index (χ1v) is 7.43. The summed E-state index contributed by atoms with van der Waals surface area (Å²) in [6, 6.07) is 2.18. The fraction of sp³-hybridized carbons (Fsp3) is 0.625. The number of hydrogen-bond acceptors (Lipinski definition) is 3. The van der Waals surface area contributed by atoms with E-state index < -0.39 is 7.12 Å². The molecule has 0 amide bonds. The number of aryl methyl sites for hydroxylation is 2. The average molecular weight is 274 g/mol. The minimum absolute atomic E-state index is 0.379. The summed E-state index contributed by atoms with van der Waals surface area (Å²) in [4.78, 5) is 0. The highest BCUT2D eigenvalue weighted by Gasteiger charge is 2.53. The molecule has 1 saturated heterocycles. The van der Waals surface area contributed by atoms with Gasteiger partial charge in [-0.15, -0.1) is 0 Å². The largest absolute Gasteiger partial charge is 0.508 e. The van der Waals surface area contributed by atoms with Crippen molar-refractivity contribution in [3.63, 3.8) is 0 Å². The van der Waals surface area contributed by atoms with Crippen molar-refractivity contribution in [2.45, 2.75) is 65.1 Å². The first-order chi connectivity index (χ1) is 9.23. The summed E-state index contributed by atoms with van der Waals surface area (Å²) >= 11 is 0. The van der Waals surface area contributed by atoms with Gasteiger partial charge in [-0.2, -0.15) is 0 Å². The maximum Gasteiger partial charge on any atom is 0.498 e. The summed E-state index contributed by atoms with van der Waals surface area (Å²) in [6.07, 6.45) is 3.14. The minimum Gasteiger partial charge on any atom is -0.508 e. The zero-order chi connectivity index (χ0) is 14.7. The molecule has 1 fully saturated rings. The molecule has 108 valence electrons. The van der Waals surface area contributed by atoms with E-state index >= 15 is 0 Å². The van der Waals surface area contributed by atoms with Crippen molar-refractivity contribution < 1.29 is 14.4 Å². The van der Waals surface area contributed by atoms with Crippen LogP contribution in [0.2, 0.25) is 0 Å². The first kappa shape index (κ1) is 14.0. The number of aromatic hydroxyl groups is 1. The Balaban J connectivity index is 2.05. The van der Waals surface area contributed by atoms with Crippen molar-refractivity contribution in [2.75, 3.05) is 0 Å². The highest BCUT2D eigenvalue weighted by atomic mass is 16.7. The molecule has 0 atom stereocenters. The van der Waals surface area contributed by atoms with Gasteiger partial charge >= 0.3 is 7.12 Å². The van der Waals surface area contributed by atoms with Crippen LogP contribution in [0.25, 0.3) is 0 Å². The van der Waals surface area contributed by atoms with E-state index in [0.717, 1.165) is 35.9 Å². The van der Waals surface area contributed by atoms with E-state index in [1.807, 2.05) is 34.6 Å². The smallest absolute Gasteiger partial charge is 0.498 e. The molecule has 1 aliphatic heterocycles. The normalized spacial score (nSPS) is 23.1. The molecule has 1 aliphatic carbocycles. The summed E-state index contributed by atoms with van der Waals surface area (Å²) < 4.78 is 12.2. The molecule has 0 spiro atoms. The monoisotopic (exact) mass is 274 g/mol. The summed E-state index contributed by atoms with van der Waals surface area (Å²) in [6.45, 7) is 10.2. The van der Waals surface area contributed by atoms with Gasteiger partial charge in [0.1, 0.15) is 5.75 Å². The predicted octanol–water partition coefficient (Wildman–Crippen LogP) is 2.49. The number of rotatable bonds is 1. The molecule has 1 heterocycles. The third-order valence-electron chi connectivity index (χ3n) is 5.11. The van der Waals surface area contributed by atoms with Gasteiger partial charge in [-0.25, -0.2) is 0 Å². The molecule has 2 aliphatic rings. The standard InChI is InChI=1S/C16H23BO3/c1-10-9-11-7-6-8-12(11)14(18)13(10)17-19-15(2,3)16(4,5)20-17/h9,18H,6-8H2,1-5H3. The van der Waals surface area contributed by atoms with Crippen LogP contribution < -0.4 is 5.46 Å². The van der Waals surface area contributed by atoms with Crippen molar-refractivity contribution in [3.8, 4) is 5.75 Å². The van der Waals surface area contributed by atoms with Gasteiger partial charge < -0.3 is 14.4 Å². The van der Waals surface area contributed by atoms with Crippen LogP contribution in [0.4, 0.5) is 0 Å². The molecule has 1 aromatic rings. The van der Waals surface area contributed by atoms with Gasteiger partial charge in [0.05, 0.1) is 11.2 Å². The first-order valence-electron chi connectivity index (χ1n) is 7.43. The van der Waals surface area contributed by atoms with Crippen molar-refractivity contribution in [3.05, 3.63) is 22.8 Å². The molecule has 4 heteroatoms. The van der Waals surface area contributed by atoms with Crippen LogP contribution in [0, 0.1) is 6.92 Å². The number of hydrogen-bond donors (Lipinski definition) is 1. The molecule has 1 N–H and O–H groups in total. The minimum atomic E-state index is -0.481. The number of fused-ring (bicyclic) bond motifs is 1. The van der Waals surface area contributed by atoms with Crippen LogP contribution in [0.15, 0.2) is 6.07 Å². The second-order valence-electron chi connectivity index (χ2n) is 7.04. The van der Waals surface area contributed by atoms with Crippen LogP contribution in [0.1, 0.15) is 50.8 Å². The fourth-order valence-electron chi connectivity index (χ4n) is 3.14. The third kappa shape index (κ3) is 1.89. The Hall–Kier alpha value is -0.995. The zero-order valence-electron chi connectivity index (χ0n) is 13.0. The Kier molecular flexibility index (Phi) is 2.97. The maximum absolute atomic E-state index is 10.6. The van der Waals surface area contributed by atoms with Gasteiger partial charge in [0, 0.05) is 5.46 Å². The number of benzene rings is 1. The van der Waals surface area contributed by atoms with Gasteiger partial charge in [-0.3, -0.25) is 0 Å². The molecule has 3 rings (SSSR count). The average Bonchev–Trinajstić information content (AvgIpc) is 2.82. The van der Waals surface area contributed by atoms with Gasteiger partial charge in [-0.1, -0.05) is 6.07 Å². The Labute approximate surface area is 121 Å². The van der Waals surface area contributed by atoms with E-state index in [1.54, 1.807) is 0 Å². The van der Waals surface area contributed by atoms with E-state index in [-0.39, 0.29) is 11.2 Å². The Morgan fingerprint density at radius 2 is 1.70 bits per heavy atom. The second kappa shape index (κ2) is 4.25. The molecular weight excluding hydrogens is 251 g/mol. The maximum atomic E-state index is 10.6. The third-order valence-corrected chi connectivity index (χ3v) is 5.11. The SMILES string of the molecule is Cc1cc2c(c(O)c1B1OC(C)(C)C(C)(C)O1)CCC2. The van der Waals surface area contributed by atoms with E-state index in [0.29, 0.717) is 5.75 Å². The molecule has 0 radical (unpaired) electrons. The number of phenolic OH excluding ortho intramolecular Hbond substituents is 1. The van der Waals surface area contributed by atoms with E-state index in [9.17, 15) is 5.11 Å². The summed E-state index contributed by atoms with van der Waals surface area (Å²) in [5, 5.41) is 10.6. The van der Waals surface area contributed by atoms with Crippen molar-refractivity contribution in [1.29, 1.82) is 0 Å². The fourth-order valence-corrected chi connectivity index (χ4v) is 3.14. The van der Waals surface area contributed by atoms with Gasteiger partial charge in [0.25, 0.3) is 0 Å². The topological polar surface area (TPSA) is 38.7 Å². The molecular formula is C16H23BO3. The van der Waals surface area contributed by atoms with Gasteiger partial charge in [0.2, 0.25) is 0 Å². The summed E-state index contributed by atoms with van der Waals surface area (Å²) in [7, 11) is -0.481. The van der Waals surface area contributed by atoms with Gasteiger partial charge in [0.15, 0.2) is 0 Å². The zero-order valence-corrected chi connectivity index (χ0v) is 13.0. The number of phenols is 1. The lowest BCUT2D eigenvalue weighted by molar-refractivity contribution is 0.00578. The van der Waals surface area contributed by atoms with Crippen LogP contribution in [-0.2, 0) is 22.2 Å². The van der Waals surface area contributed by atoms with Crippen LogP contribution in [0.5, 0.6) is 5.75 Å².